The predicted molar refractivity (Wildman–Crippen MR) is 155 cm³/mol. The van der Waals surface area contributed by atoms with Gasteiger partial charge in [-0.2, -0.15) is 0 Å². The van der Waals surface area contributed by atoms with Gasteiger partial charge in [-0.1, -0.05) is 85.8 Å². The van der Waals surface area contributed by atoms with E-state index in [1.165, 1.54) is 57.8 Å². The fourth-order valence-corrected chi connectivity index (χ4v) is 9.47. The maximum Gasteiger partial charge on any atom is 0.246 e. The van der Waals surface area contributed by atoms with Gasteiger partial charge in [-0.25, -0.2) is 0 Å². The van der Waals surface area contributed by atoms with Gasteiger partial charge in [0, 0.05) is 6.54 Å². The van der Waals surface area contributed by atoms with E-state index in [0.717, 1.165) is 61.3 Å². The zero-order chi connectivity index (χ0) is 26.8. The molecule has 1 amide bonds. The number of ether oxygens (including phenoxy) is 1. The van der Waals surface area contributed by atoms with Gasteiger partial charge >= 0.3 is 0 Å². The van der Waals surface area contributed by atoms with Crippen LogP contribution in [-0.4, -0.2) is 25.2 Å². The molecule has 1 N–H and O–H groups in total. The molecule has 37 heavy (non-hydrogen) atoms. The van der Waals surface area contributed by atoms with Crippen LogP contribution in [0, 0.1) is 52.3 Å². The van der Waals surface area contributed by atoms with Crippen molar-refractivity contribution >= 4 is 5.91 Å². The first-order valence-corrected chi connectivity index (χ1v) is 16.2. The van der Waals surface area contributed by atoms with Crippen LogP contribution < -0.4 is 5.32 Å². The Kier molecular flexibility index (Phi) is 9.56. The summed E-state index contributed by atoms with van der Waals surface area (Å²) in [6.07, 6.45) is 18.6. The summed E-state index contributed by atoms with van der Waals surface area (Å²) in [6, 6.07) is 0. The molecular weight excluding hydrogens is 454 g/mol. The second kappa shape index (κ2) is 12.1. The second-order valence-electron chi connectivity index (χ2n) is 14.8. The van der Waals surface area contributed by atoms with Gasteiger partial charge in [0.25, 0.3) is 0 Å². The Morgan fingerprint density at radius 3 is 2.57 bits per heavy atom. The lowest BCUT2D eigenvalue weighted by Gasteiger charge is -2.58. The Labute approximate surface area is 229 Å². The average molecular weight is 514 g/mol. The number of rotatable bonds is 11. The van der Waals surface area contributed by atoms with E-state index < -0.39 is 0 Å². The fourth-order valence-electron chi connectivity index (χ4n) is 9.47. The molecule has 0 heterocycles. The van der Waals surface area contributed by atoms with Gasteiger partial charge < -0.3 is 10.1 Å². The minimum Gasteiger partial charge on any atom is -0.368 e. The van der Waals surface area contributed by atoms with Gasteiger partial charge in [0.1, 0.15) is 6.61 Å². The summed E-state index contributed by atoms with van der Waals surface area (Å²) >= 11 is 0. The van der Waals surface area contributed by atoms with E-state index in [0.29, 0.717) is 16.7 Å². The molecule has 0 aromatic carbocycles. The topological polar surface area (TPSA) is 38.3 Å². The Morgan fingerprint density at radius 1 is 1.05 bits per heavy atom. The fraction of sp³-hybridized carbons (Fsp3) is 0.912. The summed E-state index contributed by atoms with van der Waals surface area (Å²) < 4.78 is 6.16. The third-order valence-corrected chi connectivity index (χ3v) is 12.1. The normalized spacial score (nSPS) is 38.8. The van der Waals surface area contributed by atoms with Gasteiger partial charge in [0.2, 0.25) is 5.91 Å². The molecule has 3 fully saturated rings. The molecule has 0 spiro atoms. The SMILES string of the molecule is CCC(C)CNC(=O)CO[C@H]1CC[C@@]2(C)C(=CCC3C4CCC(C(C)CCCC(C)C)[C@@]4(C)CCC32)C1. The minimum absolute atomic E-state index is 0.0483. The van der Waals surface area contributed by atoms with E-state index in [-0.39, 0.29) is 18.6 Å². The van der Waals surface area contributed by atoms with Crippen LogP contribution in [0.15, 0.2) is 11.6 Å². The van der Waals surface area contributed by atoms with Crippen LogP contribution in [0.2, 0.25) is 0 Å². The molecule has 0 aliphatic heterocycles. The predicted octanol–water partition coefficient (Wildman–Crippen LogP) is 8.58. The largest absolute Gasteiger partial charge is 0.368 e. The van der Waals surface area contributed by atoms with E-state index >= 15 is 0 Å². The van der Waals surface area contributed by atoms with Crippen molar-refractivity contribution in [1.82, 2.24) is 5.32 Å². The van der Waals surface area contributed by atoms with E-state index in [1.807, 2.05) is 0 Å². The smallest absolute Gasteiger partial charge is 0.246 e. The van der Waals surface area contributed by atoms with E-state index in [9.17, 15) is 4.79 Å². The summed E-state index contributed by atoms with van der Waals surface area (Å²) in [7, 11) is 0. The van der Waals surface area contributed by atoms with Crippen LogP contribution in [0.4, 0.5) is 0 Å². The number of allylic oxidation sites excluding steroid dienone is 1. The van der Waals surface area contributed by atoms with Crippen molar-refractivity contribution in [2.45, 2.75) is 132 Å². The third kappa shape index (κ3) is 6.17. The van der Waals surface area contributed by atoms with E-state index in [2.05, 4.69) is 59.9 Å². The lowest BCUT2D eigenvalue weighted by atomic mass is 9.47. The molecule has 0 saturated heterocycles. The average Bonchev–Trinajstić information content (AvgIpc) is 3.22. The van der Waals surface area contributed by atoms with Gasteiger partial charge in [0.15, 0.2) is 0 Å². The molecule has 0 radical (unpaired) electrons. The summed E-state index contributed by atoms with van der Waals surface area (Å²) in [6.45, 7) is 17.9. The van der Waals surface area contributed by atoms with E-state index in [4.69, 9.17) is 4.74 Å². The first-order chi connectivity index (χ1) is 17.6. The number of amides is 1. The molecule has 212 valence electrons. The van der Waals surface area contributed by atoms with Crippen LogP contribution >= 0.6 is 0 Å². The van der Waals surface area contributed by atoms with Gasteiger partial charge in [0.05, 0.1) is 6.10 Å². The highest BCUT2D eigenvalue weighted by atomic mass is 16.5. The number of nitrogens with one attached hydrogen (secondary N) is 1. The summed E-state index contributed by atoms with van der Waals surface area (Å²) in [4.78, 5) is 12.3. The molecule has 3 saturated carbocycles. The van der Waals surface area contributed by atoms with Crippen LogP contribution in [0.3, 0.4) is 0 Å². The molecule has 3 heteroatoms. The van der Waals surface area contributed by atoms with Gasteiger partial charge in [-0.05, 0) is 104 Å². The molecule has 4 rings (SSSR count). The maximum absolute atomic E-state index is 12.3. The van der Waals surface area contributed by atoms with Crippen LogP contribution in [-0.2, 0) is 9.53 Å². The van der Waals surface area contributed by atoms with Crippen LogP contribution in [0.1, 0.15) is 126 Å². The van der Waals surface area contributed by atoms with Gasteiger partial charge in [-0.15, -0.1) is 0 Å². The molecule has 0 aromatic rings. The van der Waals surface area contributed by atoms with Crippen molar-refractivity contribution in [3.8, 4) is 0 Å². The van der Waals surface area contributed by atoms with E-state index in [1.54, 1.807) is 5.57 Å². The number of hydrogen-bond acceptors (Lipinski definition) is 2. The molecule has 3 nitrogen and oxygen atoms in total. The third-order valence-electron chi connectivity index (χ3n) is 12.1. The minimum atomic E-state index is 0.0483. The highest BCUT2D eigenvalue weighted by Gasteiger charge is 2.59. The quantitative estimate of drug-likeness (QED) is 0.281. The summed E-state index contributed by atoms with van der Waals surface area (Å²) in [5.41, 5.74) is 2.57. The lowest BCUT2D eigenvalue weighted by molar-refractivity contribution is -0.129. The number of carbonyl (C=O) groups excluding carboxylic acids is 1. The molecule has 4 aliphatic rings. The van der Waals surface area contributed by atoms with Crippen LogP contribution in [0.5, 0.6) is 0 Å². The highest BCUT2D eigenvalue weighted by molar-refractivity contribution is 5.77. The lowest BCUT2D eigenvalue weighted by Crippen LogP contribution is -2.51. The molecule has 0 aromatic heterocycles. The first-order valence-electron chi connectivity index (χ1n) is 16.2. The van der Waals surface area contributed by atoms with Crippen molar-refractivity contribution in [3.63, 3.8) is 0 Å². The van der Waals surface area contributed by atoms with Crippen molar-refractivity contribution in [1.29, 1.82) is 0 Å². The zero-order valence-electron chi connectivity index (χ0n) is 25.4. The Bertz CT molecular complexity index is 804. The Morgan fingerprint density at radius 2 is 1.84 bits per heavy atom. The standard InChI is InChI=1S/C34H59NO2/c1-8-24(4)21-35-32(36)22-37-27-16-18-33(6)26(20-27)12-13-28-30-15-14-29(25(5)11-9-10-23(2)3)34(30,7)19-17-31(28)33/h12,23-25,27-31H,8-11,13-22H2,1-7H3,(H,35,36)/t24?,25?,27-,28?,29?,30?,31?,33-,34+/m0/s1. The summed E-state index contributed by atoms with van der Waals surface area (Å²) in [5, 5.41) is 3.05. The molecule has 4 aliphatic carbocycles. The van der Waals surface area contributed by atoms with Crippen LogP contribution in [0.25, 0.3) is 0 Å². The summed E-state index contributed by atoms with van der Waals surface area (Å²) in [5.74, 6) is 5.87. The number of hydrogen-bond donors (Lipinski definition) is 1. The number of fused-ring (bicyclic) bond motifs is 5. The number of carbonyl (C=O) groups is 1. The molecule has 0 bridgehead atoms. The van der Waals surface area contributed by atoms with Crippen molar-refractivity contribution in [2.75, 3.05) is 13.2 Å². The highest BCUT2D eigenvalue weighted by Crippen LogP contribution is 2.67. The second-order valence-corrected chi connectivity index (χ2v) is 14.8. The maximum atomic E-state index is 12.3. The molecule has 9 atom stereocenters. The first kappa shape index (κ1) is 29.2. The zero-order valence-corrected chi connectivity index (χ0v) is 25.4. The Hall–Kier alpha value is -0.830. The monoisotopic (exact) mass is 513 g/mol. The van der Waals surface area contributed by atoms with Crippen molar-refractivity contribution in [3.05, 3.63) is 11.6 Å². The Balaban J connectivity index is 1.35. The molecule has 6 unspecified atom stereocenters. The van der Waals surface area contributed by atoms with Gasteiger partial charge in [-0.3, -0.25) is 4.79 Å². The van der Waals surface area contributed by atoms with Crippen molar-refractivity contribution in [2.24, 2.45) is 52.3 Å². The van der Waals surface area contributed by atoms with Crippen molar-refractivity contribution < 1.29 is 9.53 Å². The molecular formula is C34H59NO2.